The molecule has 1 aromatic rings. The molecule has 1 rings (SSSR count). The van der Waals surface area contributed by atoms with Gasteiger partial charge in [-0.2, -0.15) is 12.6 Å². The molecular weight excluding hydrogens is 247 g/mol. The van der Waals surface area contributed by atoms with E-state index in [-0.39, 0.29) is 5.82 Å². The second-order valence-electron chi connectivity index (χ2n) is 4.50. The third-order valence-corrected chi connectivity index (χ3v) is 3.20. The fraction of sp³-hybridized carbons (Fsp3) is 0.600. The molecule has 0 unspecified atom stereocenters. The predicted molar refractivity (Wildman–Crippen MR) is 78.1 cm³/mol. The number of hydrogen-bond acceptors (Lipinski definition) is 2. The summed E-state index contributed by atoms with van der Waals surface area (Å²) in [6, 6.07) is 6.20. The smallest absolute Gasteiger partial charge is 0.123 e. The molecule has 18 heavy (non-hydrogen) atoms. The van der Waals surface area contributed by atoms with Crippen LogP contribution in [0.15, 0.2) is 24.3 Å². The Bertz CT molecular complexity index is 300. The fourth-order valence-electron chi connectivity index (χ4n) is 1.82. The highest BCUT2D eigenvalue weighted by Crippen LogP contribution is 2.12. The van der Waals surface area contributed by atoms with Crippen LogP contribution in [-0.2, 0) is 0 Å². The first-order valence-electron chi connectivity index (χ1n) is 6.82. The highest BCUT2D eigenvalue weighted by molar-refractivity contribution is 7.80. The maximum absolute atomic E-state index is 12.6. The van der Waals surface area contributed by atoms with E-state index >= 15 is 0 Å². The molecule has 1 aromatic carbocycles. The molecule has 0 saturated heterocycles. The first-order chi connectivity index (χ1) is 8.83. The molecule has 3 heteroatoms. The van der Waals surface area contributed by atoms with Crippen molar-refractivity contribution >= 4 is 12.6 Å². The van der Waals surface area contributed by atoms with Crippen molar-refractivity contribution in [2.45, 2.75) is 44.9 Å². The summed E-state index contributed by atoms with van der Waals surface area (Å²) in [6.07, 6.45) is 8.72. The summed E-state index contributed by atoms with van der Waals surface area (Å²) >= 11 is 4.19. The number of ether oxygens (including phenoxy) is 1. The molecule has 0 aliphatic heterocycles. The number of benzene rings is 1. The van der Waals surface area contributed by atoms with Gasteiger partial charge < -0.3 is 4.74 Å². The van der Waals surface area contributed by atoms with Crippen molar-refractivity contribution in [3.8, 4) is 5.75 Å². The van der Waals surface area contributed by atoms with Gasteiger partial charge in [0.15, 0.2) is 0 Å². The first kappa shape index (κ1) is 15.4. The first-order valence-corrected chi connectivity index (χ1v) is 7.45. The normalized spacial score (nSPS) is 10.6. The van der Waals surface area contributed by atoms with Crippen LogP contribution in [0.3, 0.4) is 0 Å². The van der Waals surface area contributed by atoms with Gasteiger partial charge in [-0.25, -0.2) is 4.39 Å². The van der Waals surface area contributed by atoms with Crippen molar-refractivity contribution < 1.29 is 9.13 Å². The zero-order valence-corrected chi connectivity index (χ0v) is 11.8. The second-order valence-corrected chi connectivity index (χ2v) is 4.95. The second kappa shape index (κ2) is 10.2. The monoisotopic (exact) mass is 270 g/mol. The zero-order chi connectivity index (χ0) is 13.1. The lowest BCUT2D eigenvalue weighted by Crippen LogP contribution is -1.97. The Morgan fingerprint density at radius 2 is 1.39 bits per heavy atom. The number of rotatable bonds is 10. The average Bonchev–Trinajstić information content (AvgIpc) is 2.39. The van der Waals surface area contributed by atoms with E-state index < -0.39 is 0 Å². The Balaban J connectivity index is 1.91. The van der Waals surface area contributed by atoms with Crippen LogP contribution in [0.25, 0.3) is 0 Å². The van der Waals surface area contributed by atoms with Gasteiger partial charge >= 0.3 is 0 Å². The van der Waals surface area contributed by atoms with Crippen molar-refractivity contribution in [3.05, 3.63) is 30.1 Å². The van der Waals surface area contributed by atoms with Crippen LogP contribution < -0.4 is 4.74 Å². The van der Waals surface area contributed by atoms with Gasteiger partial charge in [0.05, 0.1) is 6.61 Å². The van der Waals surface area contributed by atoms with E-state index in [4.69, 9.17) is 4.74 Å². The highest BCUT2D eigenvalue weighted by atomic mass is 32.1. The molecule has 0 N–H and O–H groups in total. The lowest BCUT2D eigenvalue weighted by atomic mass is 10.1. The molecule has 0 aromatic heterocycles. The van der Waals surface area contributed by atoms with Gasteiger partial charge in [0.25, 0.3) is 0 Å². The van der Waals surface area contributed by atoms with E-state index in [1.54, 1.807) is 12.1 Å². The van der Waals surface area contributed by atoms with Crippen LogP contribution in [0, 0.1) is 5.82 Å². The van der Waals surface area contributed by atoms with Crippen LogP contribution in [0.4, 0.5) is 4.39 Å². The van der Waals surface area contributed by atoms with Crippen molar-refractivity contribution in [1.29, 1.82) is 0 Å². The van der Waals surface area contributed by atoms with Crippen LogP contribution >= 0.6 is 12.6 Å². The third-order valence-electron chi connectivity index (χ3n) is 2.88. The van der Waals surface area contributed by atoms with Crippen molar-refractivity contribution in [2.75, 3.05) is 12.4 Å². The maximum atomic E-state index is 12.6. The molecule has 0 spiro atoms. The largest absolute Gasteiger partial charge is 0.494 e. The van der Waals surface area contributed by atoms with E-state index in [1.165, 1.54) is 50.7 Å². The van der Waals surface area contributed by atoms with Crippen LogP contribution in [0.1, 0.15) is 44.9 Å². The van der Waals surface area contributed by atoms with E-state index in [0.29, 0.717) is 0 Å². The Hall–Kier alpha value is -0.700. The quantitative estimate of drug-likeness (QED) is 0.471. The van der Waals surface area contributed by atoms with Gasteiger partial charge in [-0.15, -0.1) is 0 Å². The summed E-state index contributed by atoms with van der Waals surface area (Å²) in [4.78, 5) is 0. The molecular formula is C15H23FOS. The molecule has 0 radical (unpaired) electrons. The minimum absolute atomic E-state index is 0.219. The summed E-state index contributed by atoms with van der Waals surface area (Å²) < 4.78 is 18.2. The van der Waals surface area contributed by atoms with Crippen molar-refractivity contribution in [1.82, 2.24) is 0 Å². The number of hydrogen-bond donors (Lipinski definition) is 1. The number of halogens is 1. The Morgan fingerprint density at radius 1 is 0.833 bits per heavy atom. The maximum Gasteiger partial charge on any atom is 0.123 e. The lowest BCUT2D eigenvalue weighted by Gasteiger charge is -2.05. The Labute approximate surface area is 115 Å². The van der Waals surface area contributed by atoms with Gasteiger partial charge in [0.2, 0.25) is 0 Å². The summed E-state index contributed by atoms with van der Waals surface area (Å²) in [5.74, 6) is 1.54. The van der Waals surface area contributed by atoms with E-state index in [0.717, 1.165) is 24.5 Å². The zero-order valence-electron chi connectivity index (χ0n) is 10.9. The molecule has 0 heterocycles. The standard InChI is InChI=1S/C15H23FOS/c16-14-8-10-15(11-9-14)17-12-6-4-2-1-3-5-7-13-18/h8-11,18H,1-7,12-13H2. The molecule has 1 nitrogen and oxygen atoms in total. The van der Waals surface area contributed by atoms with Gasteiger partial charge in [-0.1, -0.05) is 32.1 Å². The van der Waals surface area contributed by atoms with Crippen molar-refractivity contribution in [2.24, 2.45) is 0 Å². The summed E-state index contributed by atoms with van der Waals surface area (Å²) in [7, 11) is 0. The minimum atomic E-state index is -0.219. The molecule has 0 atom stereocenters. The molecule has 0 fully saturated rings. The van der Waals surface area contributed by atoms with E-state index in [2.05, 4.69) is 12.6 Å². The summed E-state index contributed by atoms with van der Waals surface area (Å²) in [5, 5.41) is 0. The van der Waals surface area contributed by atoms with E-state index in [9.17, 15) is 4.39 Å². The van der Waals surface area contributed by atoms with Gasteiger partial charge in [-0.05, 0) is 42.9 Å². The summed E-state index contributed by atoms with van der Waals surface area (Å²) in [5.41, 5.74) is 0. The third kappa shape index (κ3) is 7.59. The molecule has 0 saturated carbocycles. The van der Waals surface area contributed by atoms with Crippen molar-refractivity contribution in [3.63, 3.8) is 0 Å². The van der Waals surface area contributed by atoms with Crippen LogP contribution in [0.5, 0.6) is 5.75 Å². The summed E-state index contributed by atoms with van der Waals surface area (Å²) in [6.45, 7) is 0.724. The molecule has 102 valence electrons. The number of unbranched alkanes of at least 4 members (excludes halogenated alkanes) is 6. The van der Waals surface area contributed by atoms with Crippen LogP contribution in [-0.4, -0.2) is 12.4 Å². The predicted octanol–water partition coefficient (Wildman–Crippen LogP) is 4.87. The van der Waals surface area contributed by atoms with Gasteiger partial charge in [0, 0.05) is 0 Å². The SMILES string of the molecule is Fc1ccc(OCCCCCCCCCS)cc1. The lowest BCUT2D eigenvalue weighted by molar-refractivity contribution is 0.304. The Kier molecular flexibility index (Phi) is 8.74. The highest BCUT2D eigenvalue weighted by Gasteiger charge is 1.95. The molecule has 0 aliphatic rings. The average molecular weight is 270 g/mol. The van der Waals surface area contributed by atoms with Crippen LogP contribution in [0.2, 0.25) is 0 Å². The number of thiol groups is 1. The topological polar surface area (TPSA) is 9.23 Å². The molecule has 0 aliphatic carbocycles. The van der Waals surface area contributed by atoms with Gasteiger partial charge in [-0.3, -0.25) is 0 Å². The van der Waals surface area contributed by atoms with Gasteiger partial charge in [0.1, 0.15) is 11.6 Å². The molecule has 0 amide bonds. The van der Waals surface area contributed by atoms with E-state index in [1.807, 2.05) is 0 Å². The minimum Gasteiger partial charge on any atom is -0.494 e. The fourth-order valence-corrected chi connectivity index (χ4v) is 2.04. The molecule has 0 bridgehead atoms. The Morgan fingerprint density at radius 3 is 2.00 bits per heavy atom.